The molecule has 1 aromatic heterocycles. The summed E-state index contributed by atoms with van der Waals surface area (Å²) in [6.45, 7) is 0.567. The van der Waals surface area contributed by atoms with Crippen LogP contribution in [0.2, 0.25) is 0 Å². The van der Waals surface area contributed by atoms with Gasteiger partial charge in [-0.3, -0.25) is 4.79 Å². The summed E-state index contributed by atoms with van der Waals surface area (Å²) in [6, 6.07) is 21.3. The van der Waals surface area contributed by atoms with Crippen LogP contribution in [0, 0.1) is 0 Å². The first-order valence-electron chi connectivity index (χ1n) is 8.83. The molecule has 0 aliphatic rings. The van der Waals surface area contributed by atoms with Crippen LogP contribution in [0.1, 0.15) is 15.9 Å². The lowest BCUT2D eigenvalue weighted by atomic mass is 10.1. The van der Waals surface area contributed by atoms with Crippen LogP contribution in [-0.4, -0.2) is 31.6 Å². The number of aromatic nitrogens is 1. The Labute approximate surface area is 159 Å². The lowest BCUT2D eigenvalue weighted by Crippen LogP contribution is -2.26. The monoisotopic (exact) mass is 361 g/mol. The number of anilines is 2. The molecule has 0 saturated heterocycles. The summed E-state index contributed by atoms with van der Waals surface area (Å²) in [5.74, 6) is 1.45. The van der Waals surface area contributed by atoms with Gasteiger partial charge in [0.1, 0.15) is 11.6 Å². The van der Waals surface area contributed by atoms with Gasteiger partial charge in [0.15, 0.2) is 0 Å². The molecule has 2 aromatic carbocycles. The molecule has 3 aromatic rings. The van der Waals surface area contributed by atoms with Crippen LogP contribution in [-0.2, 0) is 6.42 Å². The third-order valence-corrected chi connectivity index (χ3v) is 4.35. The lowest BCUT2D eigenvalue weighted by molar-refractivity contribution is 0.0954. The molecule has 3 rings (SSSR count). The Bertz CT molecular complexity index is 880. The minimum Gasteiger partial charge on any atom is -0.497 e. The number of carbonyl (C=O) groups is 1. The second-order valence-corrected chi connectivity index (χ2v) is 6.15. The summed E-state index contributed by atoms with van der Waals surface area (Å²) in [7, 11) is 3.58. The standard InChI is InChI=1S/C22H23N3O2/c1-25(19-6-4-3-5-7-19)21-16-18(13-15-23-21)22(26)24-14-12-17-8-10-20(27-2)11-9-17/h3-11,13,15-16H,12,14H2,1-2H3,(H,24,26). The van der Waals surface area contributed by atoms with Gasteiger partial charge in [-0.25, -0.2) is 4.98 Å². The van der Waals surface area contributed by atoms with E-state index in [4.69, 9.17) is 4.74 Å². The summed E-state index contributed by atoms with van der Waals surface area (Å²) < 4.78 is 5.15. The number of nitrogens with one attached hydrogen (secondary N) is 1. The summed E-state index contributed by atoms with van der Waals surface area (Å²) in [5, 5.41) is 2.97. The number of nitrogens with zero attached hydrogens (tertiary/aromatic N) is 2. The lowest BCUT2D eigenvalue weighted by Gasteiger charge is -2.18. The van der Waals surface area contributed by atoms with Crippen LogP contribution < -0.4 is 15.0 Å². The molecule has 5 heteroatoms. The van der Waals surface area contributed by atoms with E-state index >= 15 is 0 Å². The van der Waals surface area contributed by atoms with E-state index in [0.717, 1.165) is 29.2 Å². The van der Waals surface area contributed by atoms with Crippen LogP contribution >= 0.6 is 0 Å². The van der Waals surface area contributed by atoms with E-state index in [0.29, 0.717) is 12.1 Å². The zero-order valence-corrected chi connectivity index (χ0v) is 15.6. The number of hydrogen-bond donors (Lipinski definition) is 1. The van der Waals surface area contributed by atoms with Crippen LogP contribution in [0.25, 0.3) is 0 Å². The molecule has 1 N–H and O–H groups in total. The highest BCUT2D eigenvalue weighted by atomic mass is 16.5. The number of benzene rings is 2. The molecule has 27 heavy (non-hydrogen) atoms. The van der Waals surface area contributed by atoms with Crippen molar-refractivity contribution in [1.82, 2.24) is 10.3 Å². The highest BCUT2D eigenvalue weighted by molar-refractivity contribution is 5.95. The average molecular weight is 361 g/mol. The van der Waals surface area contributed by atoms with Gasteiger partial charge < -0.3 is 15.0 Å². The number of hydrogen-bond acceptors (Lipinski definition) is 4. The zero-order valence-electron chi connectivity index (χ0n) is 15.6. The predicted molar refractivity (Wildman–Crippen MR) is 108 cm³/mol. The second kappa shape index (κ2) is 8.85. The Morgan fingerprint density at radius 1 is 1.07 bits per heavy atom. The number of methoxy groups -OCH3 is 1. The fraction of sp³-hybridized carbons (Fsp3) is 0.182. The molecule has 138 valence electrons. The van der Waals surface area contributed by atoms with Crippen molar-refractivity contribution >= 4 is 17.4 Å². The van der Waals surface area contributed by atoms with Gasteiger partial charge in [-0.2, -0.15) is 0 Å². The number of ether oxygens (including phenoxy) is 1. The van der Waals surface area contributed by atoms with Crippen molar-refractivity contribution in [1.29, 1.82) is 0 Å². The Hall–Kier alpha value is -3.34. The van der Waals surface area contributed by atoms with Gasteiger partial charge in [0.25, 0.3) is 5.91 Å². The molecular weight excluding hydrogens is 338 g/mol. The Morgan fingerprint density at radius 3 is 2.52 bits per heavy atom. The van der Waals surface area contributed by atoms with Crippen LogP contribution in [0.3, 0.4) is 0 Å². The Balaban J connectivity index is 1.59. The SMILES string of the molecule is COc1ccc(CCNC(=O)c2ccnc(N(C)c3ccccc3)c2)cc1. The maximum absolute atomic E-state index is 12.5. The van der Waals surface area contributed by atoms with E-state index in [1.807, 2.05) is 66.5 Å². The van der Waals surface area contributed by atoms with Gasteiger partial charge >= 0.3 is 0 Å². The first kappa shape index (κ1) is 18.5. The third-order valence-electron chi connectivity index (χ3n) is 4.35. The van der Waals surface area contributed by atoms with Crippen molar-refractivity contribution in [2.45, 2.75) is 6.42 Å². The minimum absolute atomic E-state index is 0.103. The van der Waals surface area contributed by atoms with Crippen molar-refractivity contribution in [3.8, 4) is 5.75 Å². The average Bonchev–Trinajstić information content (AvgIpc) is 2.74. The van der Waals surface area contributed by atoms with Gasteiger partial charge in [-0.15, -0.1) is 0 Å². The molecule has 0 atom stereocenters. The molecule has 0 spiro atoms. The van der Waals surface area contributed by atoms with E-state index in [9.17, 15) is 4.79 Å². The van der Waals surface area contributed by atoms with Crippen LogP contribution in [0.4, 0.5) is 11.5 Å². The van der Waals surface area contributed by atoms with Crippen molar-refractivity contribution in [3.05, 3.63) is 84.1 Å². The normalized spacial score (nSPS) is 10.3. The van der Waals surface area contributed by atoms with E-state index in [1.54, 1.807) is 25.4 Å². The highest BCUT2D eigenvalue weighted by Gasteiger charge is 2.10. The molecule has 0 aliphatic heterocycles. The molecule has 0 aliphatic carbocycles. The number of para-hydroxylation sites is 1. The molecule has 1 amide bonds. The predicted octanol–water partition coefficient (Wildman–Crippen LogP) is 3.83. The fourth-order valence-electron chi connectivity index (χ4n) is 2.74. The molecule has 5 nitrogen and oxygen atoms in total. The minimum atomic E-state index is -0.103. The van der Waals surface area contributed by atoms with Gasteiger partial charge in [-0.1, -0.05) is 30.3 Å². The number of amides is 1. The fourth-order valence-corrected chi connectivity index (χ4v) is 2.74. The van der Waals surface area contributed by atoms with E-state index in [1.165, 1.54) is 0 Å². The van der Waals surface area contributed by atoms with Crippen molar-refractivity contribution in [3.63, 3.8) is 0 Å². The second-order valence-electron chi connectivity index (χ2n) is 6.15. The van der Waals surface area contributed by atoms with Crippen molar-refractivity contribution < 1.29 is 9.53 Å². The van der Waals surface area contributed by atoms with Gasteiger partial charge in [0.2, 0.25) is 0 Å². The summed E-state index contributed by atoms with van der Waals surface area (Å²) >= 11 is 0. The van der Waals surface area contributed by atoms with Crippen LogP contribution in [0.5, 0.6) is 5.75 Å². The summed E-state index contributed by atoms with van der Waals surface area (Å²) in [6.07, 6.45) is 2.42. The van der Waals surface area contributed by atoms with E-state index < -0.39 is 0 Å². The first-order chi connectivity index (χ1) is 13.2. The summed E-state index contributed by atoms with van der Waals surface area (Å²) in [4.78, 5) is 18.8. The molecule has 0 unspecified atom stereocenters. The maximum Gasteiger partial charge on any atom is 0.251 e. The molecule has 1 heterocycles. The topological polar surface area (TPSA) is 54.5 Å². The van der Waals surface area contributed by atoms with E-state index in [2.05, 4.69) is 10.3 Å². The van der Waals surface area contributed by atoms with Gasteiger partial charge in [-0.05, 0) is 48.4 Å². The van der Waals surface area contributed by atoms with Crippen molar-refractivity contribution in [2.75, 3.05) is 25.6 Å². The third kappa shape index (κ3) is 4.85. The molecule has 0 radical (unpaired) electrons. The molecule has 0 fully saturated rings. The quantitative estimate of drug-likeness (QED) is 0.695. The number of carbonyl (C=O) groups excluding carboxylic acids is 1. The maximum atomic E-state index is 12.5. The summed E-state index contributed by atoms with van der Waals surface area (Å²) in [5.41, 5.74) is 2.76. The Morgan fingerprint density at radius 2 is 1.81 bits per heavy atom. The first-order valence-corrected chi connectivity index (χ1v) is 8.83. The van der Waals surface area contributed by atoms with Gasteiger partial charge in [0, 0.05) is 31.0 Å². The van der Waals surface area contributed by atoms with Crippen molar-refractivity contribution in [2.24, 2.45) is 0 Å². The van der Waals surface area contributed by atoms with Gasteiger partial charge in [0.05, 0.1) is 7.11 Å². The van der Waals surface area contributed by atoms with E-state index in [-0.39, 0.29) is 5.91 Å². The molecular formula is C22H23N3O2. The molecule has 0 saturated carbocycles. The largest absolute Gasteiger partial charge is 0.497 e. The number of rotatable bonds is 7. The highest BCUT2D eigenvalue weighted by Crippen LogP contribution is 2.21. The molecule has 0 bridgehead atoms. The zero-order chi connectivity index (χ0) is 19.1. The van der Waals surface area contributed by atoms with Crippen LogP contribution in [0.15, 0.2) is 72.9 Å². The number of pyridine rings is 1. The Kier molecular flexibility index (Phi) is 6.05. The smallest absolute Gasteiger partial charge is 0.251 e.